The largest absolute Gasteiger partial charge is 0.372 e. The second-order valence-electron chi connectivity index (χ2n) is 3.81. The van der Waals surface area contributed by atoms with Gasteiger partial charge in [0.2, 0.25) is 5.91 Å². The Bertz CT molecular complexity index is 624. The average molecular weight is 322 g/mol. The number of anilines is 1. The minimum atomic E-state index is -4.03. The first-order valence-electron chi connectivity index (χ1n) is 5.52. The van der Waals surface area contributed by atoms with Gasteiger partial charge in [0.1, 0.15) is 4.21 Å². The van der Waals surface area contributed by atoms with Crippen LogP contribution in [-0.2, 0) is 14.8 Å². The zero-order valence-corrected chi connectivity index (χ0v) is 12.4. The highest BCUT2D eigenvalue weighted by molar-refractivity contribution is 7.91. The number of nitrogens with zero attached hydrogens (tertiary/aromatic N) is 1. The Morgan fingerprint density at radius 3 is 2.65 bits per heavy atom. The Morgan fingerprint density at radius 2 is 2.20 bits per heavy atom. The van der Waals surface area contributed by atoms with Crippen molar-refractivity contribution in [2.75, 3.05) is 11.9 Å². The van der Waals surface area contributed by atoms with Gasteiger partial charge < -0.3 is 11.1 Å². The average Bonchev–Trinajstić information content (AvgIpc) is 2.73. The molecule has 112 valence electrons. The molecule has 9 nitrogen and oxygen atoms in total. The zero-order chi connectivity index (χ0) is 15.5. The van der Waals surface area contributed by atoms with E-state index in [9.17, 15) is 23.3 Å². The second kappa shape index (κ2) is 6.15. The number of hydrogen-bond donors (Lipinski definition) is 3. The lowest BCUT2D eigenvalue weighted by molar-refractivity contribution is -0.383. The topological polar surface area (TPSA) is 144 Å². The van der Waals surface area contributed by atoms with E-state index in [1.807, 2.05) is 0 Å². The molecule has 1 aromatic rings. The predicted octanol–water partition coefficient (Wildman–Crippen LogP) is 0.240. The smallest absolute Gasteiger partial charge is 0.304 e. The lowest BCUT2D eigenvalue weighted by atomic mass is 10.4. The normalized spacial score (nSPS) is 12.9. The van der Waals surface area contributed by atoms with Crippen LogP contribution in [0.3, 0.4) is 0 Å². The van der Waals surface area contributed by atoms with Crippen molar-refractivity contribution in [1.29, 1.82) is 0 Å². The third-order valence-electron chi connectivity index (χ3n) is 2.25. The molecule has 0 aromatic carbocycles. The monoisotopic (exact) mass is 322 g/mol. The summed E-state index contributed by atoms with van der Waals surface area (Å²) in [6.45, 7) is 3.42. The van der Waals surface area contributed by atoms with Gasteiger partial charge in [-0.25, -0.2) is 8.42 Å². The molecule has 1 amide bonds. The van der Waals surface area contributed by atoms with E-state index in [4.69, 9.17) is 5.73 Å². The van der Waals surface area contributed by atoms with Gasteiger partial charge in [-0.2, -0.15) is 4.72 Å². The van der Waals surface area contributed by atoms with Crippen LogP contribution < -0.4 is 15.8 Å². The van der Waals surface area contributed by atoms with Crippen molar-refractivity contribution in [3.63, 3.8) is 0 Å². The fourth-order valence-corrected chi connectivity index (χ4v) is 3.89. The molecule has 0 aliphatic carbocycles. The van der Waals surface area contributed by atoms with Crippen LogP contribution in [0.15, 0.2) is 10.3 Å². The zero-order valence-electron chi connectivity index (χ0n) is 10.7. The van der Waals surface area contributed by atoms with Gasteiger partial charge in [0.05, 0.1) is 11.0 Å². The molecule has 20 heavy (non-hydrogen) atoms. The maximum atomic E-state index is 12.0. The molecule has 1 rings (SSSR count). The van der Waals surface area contributed by atoms with Crippen molar-refractivity contribution in [3.8, 4) is 0 Å². The number of nitrogens with two attached hydrogens (primary N) is 1. The van der Waals surface area contributed by atoms with E-state index in [-0.39, 0.29) is 14.9 Å². The third-order valence-corrected chi connectivity index (χ3v) is 5.34. The molecule has 0 spiro atoms. The Balaban J connectivity index is 3.16. The minimum absolute atomic E-state index is 0.143. The molecular weight excluding hydrogens is 308 g/mol. The SMILES string of the molecule is CCNc1sc(S(=O)(=O)NC(C)C(N)=O)cc1[N+](=O)[O-]. The van der Waals surface area contributed by atoms with E-state index in [2.05, 4.69) is 10.0 Å². The molecule has 0 saturated heterocycles. The van der Waals surface area contributed by atoms with Crippen molar-refractivity contribution < 1.29 is 18.1 Å². The van der Waals surface area contributed by atoms with Crippen molar-refractivity contribution >= 4 is 38.0 Å². The number of rotatable bonds is 7. The van der Waals surface area contributed by atoms with Gasteiger partial charge >= 0.3 is 5.69 Å². The Morgan fingerprint density at radius 1 is 1.60 bits per heavy atom. The highest BCUT2D eigenvalue weighted by atomic mass is 32.2. The highest BCUT2D eigenvalue weighted by Gasteiger charge is 2.28. The van der Waals surface area contributed by atoms with Crippen molar-refractivity contribution in [3.05, 3.63) is 16.2 Å². The number of thiophene rings is 1. The molecule has 0 aliphatic heterocycles. The maximum absolute atomic E-state index is 12.0. The van der Waals surface area contributed by atoms with Crippen LogP contribution in [-0.4, -0.2) is 31.8 Å². The summed E-state index contributed by atoms with van der Waals surface area (Å²) in [5.41, 5.74) is 4.64. The number of nitrogens with one attached hydrogen (secondary N) is 2. The number of carbonyl (C=O) groups excluding carboxylic acids is 1. The number of primary amides is 1. The summed E-state index contributed by atoms with van der Waals surface area (Å²) in [4.78, 5) is 21.0. The summed E-state index contributed by atoms with van der Waals surface area (Å²) in [6.07, 6.45) is 0. The van der Waals surface area contributed by atoms with Gasteiger partial charge in [0.25, 0.3) is 10.0 Å². The van der Waals surface area contributed by atoms with Crippen molar-refractivity contribution in [2.45, 2.75) is 24.1 Å². The fourth-order valence-electron chi connectivity index (χ4n) is 1.26. The van der Waals surface area contributed by atoms with E-state index >= 15 is 0 Å². The van der Waals surface area contributed by atoms with Crippen LogP contribution in [0.4, 0.5) is 10.7 Å². The van der Waals surface area contributed by atoms with E-state index in [0.717, 1.165) is 17.4 Å². The number of carbonyl (C=O) groups is 1. The van der Waals surface area contributed by atoms with Crippen LogP contribution in [0.5, 0.6) is 0 Å². The maximum Gasteiger partial charge on any atom is 0.304 e. The summed E-state index contributed by atoms with van der Waals surface area (Å²) in [5, 5.41) is 13.7. The second-order valence-corrected chi connectivity index (χ2v) is 6.81. The van der Waals surface area contributed by atoms with Crippen molar-refractivity contribution in [2.24, 2.45) is 5.73 Å². The number of nitro groups is 1. The first-order valence-corrected chi connectivity index (χ1v) is 7.82. The first-order chi connectivity index (χ1) is 9.19. The van der Waals surface area contributed by atoms with Gasteiger partial charge in [0, 0.05) is 12.6 Å². The van der Waals surface area contributed by atoms with Crippen LogP contribution in [0.25, 0.3) is 0 Å². The van der Waals surface area contributed by atoms with Gasteiger partial charge in [-0.05, 0) is 13.8 Å². The first kappa shape index (κ1) is 16.3. The molecule has 1 atom stereocenters. The third kappa shape index (κ3) is 3.65. The standard InChI is InChI=1S/C9H14N4O5S2/c1-3-11-9-6(13(15)16)4-7(19-9)20(17,18)12-5(2)8(10)14/h4-5,11-12H,3H2,1-2H3,(H2,10,14). The minimum Gasteiger partial charge on any atom is -0.372 e. The predicted molar refractivity (Wildman–Crippen MR) is 74.1 cm³/mol. The van der Waals surface area contributed by atoms with Crippen LogP contribution >= 0.6 is 11.3 Å². The molecule has 0 bridgehead atoms. The Labute approximate surface area is 119 Å². The lowest BCUT2D eigenvalue weighted by Gasteiger charge is -2.08. The Kier molecular flexibility index (Phi) is 5.03. The molecular formula is C9H14N4O5S2. The van der Waals surface area contributed by atoms with Crippen LogP contribution in [0, 0.1) is 10.1 Å². The number of sulfonamides is 1. The molecule has 1 aromatic heterocycles. The fraction of sp³-hybridized carbons (Fsp3) is 0.444. The molecule has 11 heteroatoms. The lowest BCUT2D eigenvalue weighted by Crippen LogP contribution is -2.41. The Hall–Kier alpha value is -1.72. The number of amides is 1. The summed E-state index contributed by atoms with van der Waals surface area (Å²) >= 11 is 0.718. The summed E-state index contributed by atoms with van der Waals surface area (Å²) in [6, 6.07) is -0.164. The van der Waals surface area contributed by atoms with Crippen LogP contribution in [0.1, 0.15) is 13.8 Å². The van der Waals surface area contributed by atoms with E-state index < -0.39 is 26.9 Å². The van der Waals surface area contributed by atoms with Gasteiger partial charge in [0.15, 0.2) is 5.00 Å². The summed E-state index contributed by atoms with van der Waals surface area (Å²) in [7, 11) is -4.03. The van der Waals surface area contributed by atoms with Gasteiger partial charge in [-0.1, -0.05) is 11.3 Å². The van der Waals surface area contributed by atoms with E-state index in [1.165, 1.54) is 6.92 Å². The van der Waals surface area contributed by atoms with Crippen LogP contribution in [0.2, 0.25) is 0 Å². The molecule has 1 heterocycles. The molecule has 0 saturated carbocycles. The molecule has 4 N–H and O–H groups in total. The van der Waals surface area contributed by atoms with Gasteiger partial charge in [-0.15, -0.1) is 0 Å². The quantitative estimate of drug-likeness (QED) is 0.484. The number of hydrogen-bond acceptors (Lipinski definition) is 7. The summed E-state index contributed by atoms with van der Waals surface area (Å²) < 4.78 is 25.8. The van der Waals surface area contributed by atoms with E-state index in [0.29, 0.717) is 6.54 Å². The van der Waals surface area contributed by atoms with E-state index in [1.54, 1.807) is 6.92 Å². The molecule has 0 radical (unpaired) electrons. The van der Waals surface area contributed by atoms with Crippen molar-refractivity contribution in [1.82, 2.24) is 4.72 Å². The van der Waals surface area contributed by atoms with Gasteiger partial charge in [-0.3, -0.25) is 14.9 Å². The highest BCUT2D eigenvalue weighted by Crippen LogP contribution is 2.36. The molecule has 0 fully saturated rings. The molecule has 1 unspecified atom stereocenters. The molecule has 0 aliphatic rings. The summed E-state index contributed by atoms with van der Waals surface area (Å²) in [5.74, 6) is -0.841.